The van der Waals surface area contributed by atoms with Crippen molar-refractivity contribution in [2.24, 2.45) is 5.92 Å². The van der Waals surface area contributed by atoms with Gasteiger partial charge in [0.2, 0.25) is 0 Å². The van der Waals surface area contributed by atoms with Crippen molar-refractivity contribution in [3.8, 4) is 0 Å². The van der Waals surface area contributed by atoms with Crippen LogP contribution in [0.3, 0.4) is 0 Å². The minimum absolute atomic E-state index is 0.473. The van der Waals surface area contributed by atoms with Gasteiger partial charge in [-0.25, -0.2) is 0 Å². The molecule has 1 aromatic rings. The molecule has 1 heteroatoms. The Labute approximate surface area is 85.5 Å². The number of allylic oxidation sites excluding steroid dienone is 1. The lowest BCUT2D eigenvalue weighted by Crippen LogP contribution is -1.89. The quantitative estimate of drug-likeness (QED) is 0.648. The molecule has 0 aliphatic rings. The van der Waals surface area contributed by atoms with Crippen molar-refractivity contribution < 1.29 is 4.79 Å². The maximum atomic E-state index is 10.2. The lowest BCUT2D eigenvalue weighted by Gasteiger charge is -2.01. The van der Waals surface area contributed by atoms with Crippen LogP contribution in [0.1, 0.15) is 25.3 Å². The van der Waals surface area contributed by atoms with Crippen LogP contribution in [-0.4, -0.2) is 6.29 Å². The topological polar surface area (TPSA) is 17.1 Å². The summed E-state index contributed by atoms with van der Waals surface area (Å²) in [5.74, 6) is 0.473. The molecule has 1 nitrogen and oxygen atoms in total. The van der Waals surface area contributed by atoms with E-state index in [1.807, 2.05) is 18.2 Å². The summed E-state index contributed by atoms with van der Waals surface area (Å²) in [7, 11) is 0. The summed E-state index contributed by atoms with van der Waals surface area (Å²) >= 11 is 0. The van der Waals surface area contributed by atoms with E-state index < -0.39 is 0 Å². The molecule has 0 aromatic heterocycles. The molecule has 0 spiro atoms. The number of rotatable bonds is 5. The highest BCUT2D eigenvalue weighted by Crippen LogP contribution is 2.09. The third-order valence-corrected chi connectivity index (χ3v) is 2.16. The molecule has 0 bridgehead atoms. The van der Waals surface area contributed by atoms with Crippen LogP contribution in [0.5, 0.6) is 0 Å². The van der Waals surface area contributed by atoms with Gasteiger partial charge in [-0.1, -0.05) is 49.4 Å². The van der Waals surface area contributed by atoms with Crippen molar-refractivity contribution in [3.05, 3.63) is 42.0 Å². The molecular weight excluding hydrogens is 172 g/mol. The SMILES string of the molecule is CC(/C=C/c1ccccc1)CCC=O. The molecule has 0 heterocycles. The van der Waals surface area contributed by atoms with Gasteiger partial charge in [0, 0.05) is 6.42 Å². The van der Waals surface area contributed by atoms with E-state index in [2.05, 4.69) is 31.2 Å². The number of carbonyl (C=O) groups excluding carboxylic acids is 1. The summed E-state index contributed by atoms with van der Waals surface area (Å²) in [6, 6.07) is 10.2. The first-order chi connectivity index (χ1) is 6.83. The molecule has 0 radical (unpaired) electrons. The fraction of sp³-hybridized carbons (Fsp3) is 0.308. The first kappa shape index (κ1) is 10.7. The first-order valence-electron chi connectivity index (χ1n) is 5.00. The van der Waals surface area contributed by atoms with Crippen LogP contribution in [0.4, 0.5) is 0 Å². The smallest absolute Gasteiger partial charge is 0.120 e. The summed E-state index contributed by atoms with van der Waals surface area (Å²) in [5.41, 5.74) is 1.21. The fourth-order valence-corrected chi connectivity index (χ4v) is 1.27. The molecule has 0 aliphatic heterocycles. The van der Waals surface area contributed by atoms with E-state index in [4.69, 9.17) is 0 Å². The van der Waals surface area contributed by atoms with Gasteiger partial charge in [0.1, 0.15) is 6.29 Å². The number of hydrogen-bond acceptors (Lipinski definition) is 1. The van der Waals surface area contributed by atoms with Crippen molar-refractivity contribution in [2.75, 3.05) is 0 Å². The average molecular weight is 188 g/mol. The third-order valence-electron chi connectivity index (χ3n) is 2.16. The molecule has 0 fully saturated rings. The van der Waals surface area contributed by atoms with Gasteiger partial charge in [-0.3, -0.25) is 0 Å². The fourth-order valence-electron chi connectivity index (χ4n) is 1.27. The van der Waals surface area contributed by atoms with Crippen LogP contribution >= 0.6 is 0 Å². The molecule has 1 aromatic carbocycles. The summed E-state index contributed by atoms with van der Waals surface area (Å²) in [6.45, 7) is 2.13. The highest BCUT2D eigenvalue weighted by Gasteiger charge is 1.95. The Bertz CT molecular complexity index is 287. The van der Waals surface area contributed by atoms with Crippen LogP contribution in [0.25, 0.3) is 6.08 Å². The van der Waals surface area contributed by atoms with Crippen LogP contribution in [-0.2, 0) is 4.79 Å². The summed E-state index contributed by atoms with van der Waals surface area (Å²) in [6.07, 6.45) is 6.83. The number of carbonyl (C=O) groups is 1. The summed E-state index contributed by atoms with van der Waals surface area (Å²) < 4.78 is 0. The second-order valence-electron chi connectivity index (χ2n) is 3.49. The molecule has 14 heavy (non-hydrogen) atoms. The molecule has 1 rings (SSSR count). The summed E-state index contributed by atoms with van der Waals surface area (Å²) in [5, 5.41) is 0. The second-order valence-corrected chi connectivity index (χ2v) is 3.49. The lowest BCUT2D eigenvalue weighted by molar-refractivity contribution is -0.108. The molecule has 0 amide bonds. The Morgan fingerprint density at radius 1 is 1.29 bits per heavy atom. The van der Waals surface area contributed by atoms with Crippen molar-refractivity contribution in [1.82, 2.24) is 0 Å². The van der Waals surface area contributed by atoms with E-state index in [1.165, 1.54) is 5.56 Å². The second kappa shape index (κ2) is 6.14. The van der Waals surface area contributed by atoms with Gasteiger partial charge < -0.3 is 4.79 Å². The Kier molecular flexibility index (Phi) is 4.70. The molecule has 0 saturated heterocycles. The van der Waals surface area contributed by atoms with E-state index in [-0.39, 0.29) is 0 Å². The Morgan fingerprint density at radius 2 is 2.00 bits per heavy atom. The van der Waals surface area contributed by atoms with E-state index in [0.717, 1.165) is 12.7 Å². The Balaban J connectivity index is 2.43. The molecule has 0 aliphatic carbocycles. The Morgan fingerprint density at radius 3 is 2.64 bits per heavy atom. The monoisotopic (exact) mass is 188 g/mol. The normalized spacial score (nSPS) is 12.9. The minimum Gasteiger partial charge on any atom is -0.303 e. The zero-order valence-corrected chi connectivity index (χ0v) is 8.52. The van der Waals surface area contributed by atoms with Gasteiger partial charge >= 0.3 is 0 Å². The first-order valence-corrected chi connectivity index (χ1v) is 5.00. The van der Waals surface area contributed by atoms with E-state index in [1.54, 1.807) is 0 Å². The number of aldehydes is 1. The van der Waals surface area contributed by atoms with E-state index in [0.29, 0.717) is 12.3 Å². The number of benzene rings is 1. The van der Waals surface area contributed by atoms with Crippen LogP contribution in [0, 0.1) is 5.92 Å². The zero-order chi connectivity index (χ0) is 10.2. The number of hydrogen-bond donors (Lipinski definition) is 0. The van der Waals surface area contributed by atoms with Crippen molar-refractivity contribution in [3.63, 3.8) is 0 Å². The molecule has 0 N–H and O–H groups in total. The Hall–Kier alpha value is -1.37. The maximum Gasteiger partial charge on any atom is 0.120 e. The molecule has 1 unspecified atom stereocenters. The molecule has 1 atom stereocenters. The van der Waals surface area contributed by atoms with Crippen molar-refractivity contribution >= 4 is 12.4 Å². The van der Waals surface area contributed by atoms with Crippen LogP contribution in [0.15, 0.2) is 36.4 Å². The van der Waals surface area contributed by atoms with E-state index >= 15 is 0 Å². The molecule has 74 valence electrons. The van der Waals surface area contributed by atoms with Gasteiger partial charge in [0.05, 0.1) is 0 Å². The van der Waals surface area contributed by atoms with Gasteiger partial charge in [-0.15, -0.1) is 0 Å². The molecule has 0 saturated carbocycles. The third kappa shape index (κ3) is 4.04. The standard InChI is InChI=1S/C13H16O/c1-12(6-5-11-14)9-10-13-7-3-2-4-8-13/h2-4,7-12H,5-6H2,1H3/b10-9+. The van der Waals surface area contributed by atoms with Crippen LogP contribution < -0.4 is 0 Å². The van der Waals surface area contributed by atoms with Gasteiger partial charge in [-0.2, -0.15) is 0 Å². The predicted octanol–water partition coefficient (Wildman–Crippen LogP) is 3.32. The minimum atomic E-state index is 0.473. The van der Waals surface area contributed by atoms with Crippen LogP contribution in [0.2, 0.25) is 0 Å². The average Bonchev–Trinajstić information content (AvgIpc) is 2.25. The molecular formula is C13H16O. The summed E-state index contributed by atoms with van der Waals surface area (Å²) in [4.78, 5) is 10.2. The van der Waals surface area contributed by atoms with Crippen molar-refractivity contribution in [1.29, 1.82) is 0 Å². The van der Waals surface area contributed by atoms with Gasteiger partial charge in [0.25, 0.3) is 0 Å². The highest BCUT2D eigenvalue weighted by molar-refractivity contribution is 5.50. The highest BCUT2D eigenvalue weighted by atomic mass is 16.1. The zero-order valence-electron chi connectivity index (χ0n) is 8.52. The predicted molar refractivity (Wildman–Crippen MR) is 59.9 cm³/mol. The maximum absolute atomic E-state index is 10.2. The van der Waals surface area contributed by atoms with Crippen molar-refractivity contribution in [2.45, 2.75) is 19.8 Å². The van der Waals surface area contributed by atoms with Gasteiger partial charge in [0.15, 0.2) is 0 Å². The largest absolute Gasteiger partial charge is 0.303 e. The lowest BCUT2D eigenvalue weighted by atomic mass is 10.0. The van der Waals surface area contributed by atoms with E-state index in [9.17, 15) is 4.79 Å². The van der Waals surface area contributed by atoms with Gasteiger partial charge in [-0.05, 0) is 17.9 Å².